The topological polar surface area (TPSA) is 50.2 Å². The van der Waals surface area contributed by atoms with E-state index >= 15 is 0 Å². The van der Waals surface area contributed by atoms with Crippen LogP contribution < -0.4 is 10.2 Å². The number of hydrogen-bond acceptors (Lipinski definition) is 3. The Labute approximate surface area is 118 Å². The third kappa shape index (κ3) is 2.32. The van der Waals surface area contributed by atoms with E-state index in [0.29, 0.717) is 12.2 Å². The molecule has 3 rings (SSSR count). The number of anilines is 1. The molecule has 0 saturated carbocycles. The Morgan fingerprint density at radius 1 is 1.35 bits per heavy atom. The summed E-state index contributed by atoms with van der Waals surface area (Å²) in [5.74, 6) is -0.0476. The molecule has 2 aromatic rings. The highest BCUT2D eigenvalue weighted by molar-refractivity contribution is 6.05. The summed E-state index contributed by atoms with van der Waals surface area (Å²) in [6, 6.07) is 10.0. The molecule has 0 aliphatic carbocycles. The van der Waals surface area contributed by atoms with Gasteiger partial charge in [0.2, 0.25) is 0 Å². The molecule has 1 N–H and O–H groups in total. The number of nitrogens with one attached hydrogen (secondary N) is 1. The van der Waals surface area contributed by atoms with Gasteiger partial charge in [0.05, 0.1) is 0 Å². The largest absolute Gasteiger partial charge is 0.308 e. The molecule has 5 nitrogen and oxygen atoms in total. The molecule has 20 heavy (non-hydrogen) atoms. The van der Waals surface area contributed by atoms with Gasteiger partial charge in [-0.25, -0.2) is 0 Å². The van der Waals surface area contributed by atoms with Gasteiger partial charge in [-0.15, -0.1) is 0 Å². The monoisotopic (exact) mass is 270 g/mol. The average molecular weight is 270 g/mol. The molecule has 0 saturated heterocycles. The van der Waals surface area contributed by atoms with Crippen LogP contribution >= 0.6 is 0 Å². The number of para-hydroxylation sites is 1. The first kappa shape index (κ1) is 12.9. The molecule has 0 spiro atoms. The third-order valence-electron chi connectivity index (χ3n) is 3.56. The van der Waals surface area contributed by atoms with Gasteiger partial charge in [0.15, 0.2) is 5.69 Å². The minimum absolute atomic E-state index is 0.0476. The zero-order valence-corrected chi connectivity index (χ0v) is 11.7. The molecule has 104 valence electrons. The van der Waals surface area contributed by atoms with E-state index in [-0.39, 0.29) is 11.9 Å². The summed E-state index contributed by atoms with van der Waals surface area (Å²) >= 11 is 0. The van der Waals surface area contributed by atoms with Gasteiger partial charge in [0.1, 0.15) is 0 Å². The number of carbonyl (C=O) groups excluding carboxylic acids is 1. The maximum atomic E-state index is 12.7. The Morgan fingerprint density at radius 2 is 2.15 bits per heavy atom. The molecule has 1 aliphatic rings. The van der Waals surface area contributed by atoms with Crippen LogP contribution in [-0.4, -0.2) is 28.3 Å². The van der Waals surface area contributed by atoms with E-state index < -0.39 is 0 Å². The molecule has 5 heteroatoms. The van der Waals surface area contributed by atoms with Crippen LogP contribution in [0.15, 0.2) is 36.5 Å². The highest BCUT2D eigenvalue weighted by Crippen LogP contribution is 2.24. The van der Waals surface area contributed by atoms with Crippen LogP contribution in [0.5, 0.6) is 0 Å². The second-order valence-electron chi connectivity index (χ2n) is 5.20. The Morgan fingerprint density at radius 3 is 2.90 bits per heavy atom. The first-order chi connectivity index (χ1) is 9.65. The zero-order chi connectivity index (χ0) is 14.1. The summed E-state index contributed by atoms with van der Waals surface area (Å²) in [6.45, 7) is 3.51. The maximum Gasteiger partial charge on any atom is 0.278 e. The fourth-order valence-corrected chi connectivity index (χ4v) is 2.50. The van der Waals surface area contributed by atoms with Crippen LogP contribution in [0.3, 0.4) is 0 Å². The normalized spacial score (nSPS) is 18.5. The fraction of sp³-hybridized carbons (Fsp3) is 0.333. The van der Waals surface area contributed by atoms with Gasteiger partial charge in [-0.05, 0) is 24.6 Å². The number of amides is 1. The van der Waals surface area contributed by atoms with Gasteiger partial charge in [-0.3, -0.25) is 9.48 Å². The van der Waals surface area contributed by atoms with Crippen LogP contribution in [-0.2, 0) is 13.6 Å². The summed E-state index contributed by atoms with van der Waals surface area (Å²) < 4.78 is 1.65. The van der Waals surface area contributed by atoms with E-state index in [0.717, 1.165) is 17.8 Å². The molecule has 0 fully saturated rings. The van der Waals surface area contributed by atoms with Crippen LogP contribution in [0.2, 0.25) is 0 Å². The van der Waals surface area contributed by atoms with Crippen molar-refractivity contribution in [3.8, 4) is 0 Å². The van der Waals surface area contributed by atoms with Crippen LogP contribution in [0.25, 0.3) is 0 Å². The fourth-order valence-electron chi connectivity index (χ4n) is 2.50. The molecular weight excluding hydrogens is 252 g/mol. The lowest BCUT2D eigenvalue weighted by Crippen LogP contribution is -2.39. The second-order valence-corrected chi connectivity index (χ2v) is 5.20. The van der Waals surface area contributed by atoms with Crippen molar-refractivity contribution in [2.75, 3.05) is 11.4 Å². The van der Waals surface area contributed by atoms with Crippen molar-refractivity contribution < 1.29 is 4.79 Å². The Hall–Kier alpha value is -2.14. The molecule has 1 aromatic heterocycles. The van der Waals surface area contributed by atoms with Gasteiger partial charge >= 0.3 is 0 Å². The highest BCUT2D eigenvalue weighted by Gasteiger charge is 2.25. The maximum absolute atomic E-state index is 12.7. The number of aromatic nitrogens is 2. The lowest BCUT2D eigenvalue weighted by atomic mass is 10.1. The van der Waals surface area contributed by atoms with Gasteiger partial charge in [0, 0.05) is 38.1 Å². The lowest BCUT2D eigenvalue weighted by Gasteiger charge is -2.23. The predicted molar refractivity (Wildman–Crippen MR) is 77.6 cm³/mol. The summed E-state index contributed by atoms with van der Waals surface area (Å²) in [4.78, 5) is 14.5. The van der Waals surface area contributed by atoms with Crippen molar-refractivity contribution in [1.29, 1.82) is 0 Å². The van der Waals surface area contributed by atoms with Crippen molar-refractivity contribution in [2.24, 2.45) is 7.05 Å². The molecule has 1 atom stereocenters. The Kier molecular flexibility index (Phi) is 3.28. The molecule has 0 radical (unpaired) electrons. The third-order valence-corrected chi connectivity index (χ3v) is 3.56. The van der Waals surface area contributed by atoms with Gasteiger partial charge in [-0.1, -0.05) is 18.2 Å². The SMILES string of the molecule is CC1CN(C(=O)c2ccn(C)n2)c2ccccc2CN1. The van der Waals surface area contributed by atoms with Crippen molar-refractivity contribution >= 4 is 11.6 Å². The smallest absolute Gasteiger partial charge is 0.278 e. The van der Waals surface area contributed by atoms with Crippen molar-refractivity contribution in [1.82, 2.24) is 15.1 Å². The number of carbonyl (C=O) groups is 1. The van der Waals surface area contributed by atoms with Crippen molar-refractivity contribution in [2.45, 2.75) is 19.5 Å². The van der Waals surface area contributed by atoms with Crippen LogP contribution in [0, 0.1) is 0 Å². The Bertz CT molecular complexity index is 634. The summed E-state index contributed by atoms with van der Waals surface area (Å²) in [5.41, 5.74) is 2.59. The van der Waals surface area contributed by atoms with E-state index in [9.17, 15) is 4.79 Å². The number of hydrogen-bond donors (Lipinski definition) is 1. The first-order valence-electron chi connectivity index (χ1n) is 6.78. The zero-order valence-electron chi connectivity index (χ0n) is 11.7. The van der Waals surface area contributed by atoms with E-state index in [1.807, 2.05) is 30.1 Å². The average Bonchev–Trinajstić information content (AvgIpc) is 2.81. The predicted octanol–water partition coefficient (Wildman–Crippen LogP) is 1.56. The quantitative estimate of drug-likeness (QED) is 0.855. The second kappa shape index (κ2) is 5.09. The lowest BCUT2D eigenvalue weighted by molar-refractivity contribution is 0.0980. The van der Waals surface area contributed by atoms with Crippen molar-refractivity contribution in [3.05, 3.63) is 47.8 Å². The summed E-state index contributed by atoms with van der Waals surface area (Å²) in [6.07, 6.45) is 1.79. The molecule has 1 aliphatic heterocycles. The van der Waals surface area contributed by atoms with E-state index in [2.05, 4.69) is 23.4 Å². The minimum atomic E-state index is -0.0476. The van der Waals surface area contributed by atoms with Gasteiger partial charge < -0.3 is 10.2 Å². The molecule has 0 bridgehead atoms. The number of aryl methyl sites for hydroxylation is 1. The van der Waals surface area contributed by atoms with E-state index in [1.165, 1.54) is 0 Å². The molecule has 1 unspecified atom stereocenters. The first-order valence-corrected chi connectivity index (χ1v) is 6.78. The van der Waals surface area contributed by atoms with Crippen molar-refractivity contribution in [3.63, 3.8) is 0 Å². The highest BCUT2D eigenvalue weighted by atomic mass is 16.2. The molecule has 1 aromatic carbocycles. The number of rotatable bonds is 1. The number of nitrogens with zero attached hydrogens (tertiary/aromatic N) is 3. The summed E-state index contributed by atoms with van der Waals surface area (Å²) in [7, 11) is 1.82. The molecular formula is C15H18N4O. The molecule has 2 heterocycles. The van der Waals surface area contributed by atoms with Crippen LogP contribution in [0.4, 0.5) is 5.69 Å². The molecule has 1 amide bonds. The van der Waals surface area contributed by atoms with E-state index in [4.69, 9.17) is 0 Å². The van der Waals surface area contributed by atoms with Gasteiger partial charge in [0.25, 0.3) is 5.91 Å². The standard InChI is InChI=1S/C15H18N4O/c1-11-10-19(15(20)13-7-8-18(2)17-13)14-6-4-3-5-12(14)9-16-11/h3-8,11,16H,9-10H2,1-2H3. The number of fused-ring (bicyclic) bond motifs is 1. The van der Waals surface area contributed by atoms with Crippen LogP contribution in [0.1, 0.15) is 23.0 Å². The van der Waals surface area contributed by atoms with Gasteiger partial charge in [-0.2, -0.15) is 5.10 Å². The Balaban J connectivity index is 2.00. The minimum Gasteiger partial charge on any atom is -0.308 e. The summed E-state index contributed by atoms with van der Waals surface area (Å²) in [5, 5.41) is 7.64. The number of benzene rings is 1. The van der Waals surface area contributed by atoms with E-state index in [1.54, 1.807) is 16.9 Å².